The zero-order valence-electron chi connectivity index (χ0n) is 6.88. The van der Waals surface area contributed by atoms with E-state index in [1.807, 2.05) is 6.07 Å². The molecule has 2 aromatic rings. The van der Waals surface area contributed by atoms with Gasteiger partial charge in [0, 0.05) is 19.8 Å². The van der Waals surface area contributed by atoms with Gasteiger partial charge in [0.2, 0.25) is 0 Å². The molecule has 0 amide bonds. The van der Waals surface area contributed by atoms with Gasteiger partial charge in [0.1, 0.15) is 0 Å². The van der Waals surface area contributed by atoms with Crippen molar-refractivity contribution in [2.45, 2.75) is 13.8 Å². The van der Waals surface area contributed by atoms with Gasteiger partial charge in [-0.15, -0.1) is 22.7 Å². The number of fused-ring (bicyclic) bond motifs is 1. The quantitative estimate of drug-likeness (QED) is 0.639. The molecule has 0 fully saturated rings. The maximum atomic E-state index is 10.5. The molecule has 0 aliphatic heterocycles. The summed E-state index contributed by atoms with van der Waals surface area (Å²) in [5.41, 5.74) is 0. The highest BCUT2D eigenvalue weighted by molar-refractivity contribution is 7.25. The minimum absolute atomic E-state index is 0.832. The molecule has 0 aromatic carbocycles. The summed E-state index contributed by atoms with van der Waals surface area (Å²) < 4.78 is 1.28. The van der Waals surface area contributed by atoms with Crippen molar-refractivity contribution in [2.75, 3.05) is 0 Å². The van der Waals surface area contributed by atoms with Crippen LogP contribution in [0.4, 0.5) is 0 Å². The van der Waals surface area contributed by atoms with Gasteiger partial charge in [0.15, 0.2) is 6.29 Å². The number of carbonyl (C=O) groups is 1. The van der Waals surface area contributed by atoms with E-state index in [1.54, 1.807) is 22.7 Å². The van der Waals surface area contributed by atoms with Crippen LogP contribution >= 0.6 is 22.7 Å². The van der Waals surface area contributed by atoms with Gasteiger partial charge in [0.05, 0.1) is 4.88 Å². The van der Waals surface area contributed by atoms with Crippen LogP contribution < -0.4 is 0 Å². The Labute approximate surface area is 78.7 Å². The average molecular weight is 196 g/mol. The van der Waals surface area contributed by atoms with Gasteiger partial charge in [-0.05, 0) is 19.9 Å². The molecule has 3 heteroatoms. The molecule has 0 bridgehead atoms. The largest absolute Gasteiger partial charge is 0.297 e. The van der Waals surface area contributed by atoms with Crippen LogP contribution in [0.3, 0.4) is 0 Å². The molecule has 0 saturated carbocycles. The first kappa shape index (κ1) is 7.95. The third kappa shape index (κ3) is 1.01. The van der Waals surface area contributed by atoms with Crippen LogP contribution in [-0.4, -0.2) is 6.29 Å². The summed E-state index contributed by atoms with van der Waals surface area (Å²) in [5.74, 6) is 0. The number of hydrogen-bond acceptors (Lipinski definition) is 3. The summed E-state index contributed by atoms with van der Waals surface area (Å²) in [6.07, 6.45) is 0.925. The molecule has 0 saturated heterocycles. The molecular formula is C9H8OS2. The van der Waals surface area contributed by atoms with Crippen molar-refractivity contribution in [1.82, 2.24) is 0 Å². The Morgan fingerprint density at radius 3 is 2.58 bits per heavy atom. The van der Waals surface area contributed by atoms with Gasteiger partial charge < -0.3 is 0 Å². The van der Waals surface area contributed by atoms with Gasteiger partial charge in [-0.2, -0.15) is 0 Å². The highest BCUT2D eigenvalue weighted by atomic mass is 32.1. The van der Waals surface area contributed by atoms with E-state index >= 15 is 0 Å². The summed E-state index contributed by atoms with van der Waals surface area (Å²) in [6.45, 7) is 4.20. The second-order valence-electron chi connectivity index (χ2n) is 2.72. The Hall–Kier alpha value is -0.670. The molecule has 0 atom stereocenters. The third-order valence-corrected chi connectivity index (χ3v) is 4.22. The Bertz CT molecular complexity index is 402. The van der Waals surface area contributed by atoms with Crippen molar-refractivity contribution in [3.8, 4) is 0 Å². The smallest absolute Gasteiger partial charge is 0.160 e. The lowest BCUT2D eigenvalue weighted by Crippen LogP contribution is -1.64. The minimum atomic E-state index is 0.832. The number of aldehydes is 1. The van der Waals surface area contributed by atoms with Gasteiger partial charge in [-0.3, -0.25) is 4.79 Å². The summed E-state index contributed by atoms with van der Waals surface area (Å²) in [4.78, 5) is 14.0. The molecule has 2 rings (SSSR count). The highest BCUT2D eigenvalue weighted by Gasteiger charge is 2.08. The number of thiophene rings is 2. The van der Waals surface area contributed by atoms with E-state index in [1.165, 1.54) is 19.8 Å². The van der Waals surface area contributed by atoms with E-state index in [9.17, 15) is 4.79 Å². The number of rotatable bonds is 1. The summed E-state index contributed by atoms with van der Waals surface area (Å²) in [7, 11) is 0. The van der Waals surface area contributed by atoms with Gasteiger partial charge in [-0.25, -0.2) is 0 Å². The fourth-order valence-corrected chi connectivity index (χ4v) is 3.50. The van der Waals surface area contributed by atoms with Crippen LogP contribution in [0.2, 0.25) is 0 Å². The van der Waals surface area contributed by atoms with Crippen LogP contribution in [0.15, 0.2) is 6.07 Å². The fraction of sp³-hybridized carbons (Fsp3) is 0.222. The number of aryl methyl sites for hydroxylation is 2. The van der Waals surface area contributed by atoms with Gasteiger partial charge >= 0.3 is 0 Å². The maximum Gasteiger partial charge on any atom is 0.160 e. The molecule has 12 heavy (non-hydrogen) atoms. The molecule has 1 nitrogen and oxygen atoms in total. The zero-order valence-corrected chi connectivity index (χ0v) is 8.51. The summed E-state index contributed by atoms with van der Waals surface area (Å²) >= 11 is 3.39. The second kappa shape index (κ2) is 2.68. The summed E-state index contributed by atoms with van der Waals surface area (Å²) in [6, 6.07) is 1.98. The van der Waals surface area contributed by atoms with E-state index in [2.05, 4.69) is 13.8 Å². The Kier molecular flexibility index (Phi) is 1.77. The second-order valence-corrected chi connectivity index (χ2v) is 5.24. The molecule has 0 spiro atoms. The molecule has 2 aromatic heterocycles. The van der Waals surface area contributed by atoms with Gasteiger partial charge in [-0.1, -0.05) is 0 Å². The van der Waals surface area contributed by atoms with Crippen molar-refractivity contribution >= 4 is 39.0 Å². The third-order valence-electron chi connectivity index (χ3n) is 1.87. The first-order valence-corrected chi connectivity index (χ1v) is 5.30. The normalized spacial score (nSPS) is 10.8. The van der Waals surface area contributed by atoms with Crippen molar-refractivity contribution in [3.63, 3.8) is 0 Å². The van der Waals surface area contributed by atoms with Crippen LogP contribution in [0.25, 0.3) is 10.1 Å². The fourth-order valence-electron chi connectivity index (χ4n) is 1.32. The standard InChI is InChI=1S/C9H8OS2/c1-5-8-3-7(4-10)12-9(8)6(2)11-5/h3-4H,1-2H3. The minimum Gasteiger partial charge on any atom is -0.297 e. The molecule has 2 heterocycles. The lowest BCUT2D eigenvalue weighted by molar-refractivity contribution is 0.112. The molecule has 0 aliphatic rings. The van der Waals surface area contributed by atoms with E-state index in [0.29, 0.717) is 0 Å². The Morgan fingerprint density at radius 2 is 2.00 bits per heavy atom. The first-order chi connectivity index (χ1) is 5.72. The molecule has 0 radical (unpaired) electrons. The summed E-state index contributed by atoms with van der Waals surface area (Å²) in [5, 5.41) is 1.25. The predicted molar refractivity (Wildman–Crippen MR) is 54.6 cm³/mol. The first-order valence-electron chi connectivity index (χ1n) is 3.67. The van der Waals surface area contributed by atoms with Crippen LogP contribution in [-0.2, 0) is 0 Å². The van der Waals surface area contributed by atoms with Crippen molar-refractivity contribution in [2.24, 2.45) is 0 Å². The van der Waals surface area contributed by atoms with Crippen molar-refractivity contribution < 1.29 is 4.79 Å². The Balaban J connectivity index is 2.83. The molecule has 0 N–H and O–H groups in total. The lowest BCUT2D eigenvalue weighted by atomic mass is 10.3. The SMILES string of the molecule is Cc1sc(C)c2sc(C=O)cc12. The maximum absolute atomic E-state index is 10.5. The predicted octanol–water partition coefficient (Wildman–Crippen LogP) is 3.39. The number of hydrogen-bond donors (Lipinski definition) is 0. The lowest BCUT2D eigenvalue weighted by Gasteiger charge is -1.79. The molecule has 62 valence electrons. The average Bonchev–Trinajstić information content (AvgIpc) is 2.55. The van der Waals surface area contributed by atoms with E-state index in [0.717, 1.165) is 11.2 Å². The van der Waals surface area contributed by atoms with E-state index < -0.39 is 0 Å². The molecule has 0 unspecified atom stereocenters. The van der Waals surface area contributed by atoms with Crippen molar-refractivity contribution in [3.05, 3.63) is 20.7 Å². The van der Waals surface area contributed by atoms with Crippen LogP contribution in [0.1, 0.15) is 19.4 Å². The van der Waals surface area contributed by atoms with Crippen LogP contribution in [0, 0.1) is 13.8 Å². The molecule has 0 aliphatic carbocycles. The monoisotopic (exact) mass is 196 g/mol. The Morgan fingerprint density at radius 1 is 1.25 bits per heavy atom. The molecular weight excluding hydrogens is 188 g/mol. The highest BCUT2D eigenvalue weighted by Crippen LogP contribution is 2.35. The topological polar surface area (TPSA) is 17.1 Å². The van der Waals surface area contributed by atoms with Crippen LogP contribution in [0.5, 0.6) is 0 Å². The zero-order chi connectivity index (χ0) is 8.72. The van der Waals surface area contributed by atoms with Crippen molar-refractivity contribution in [1.29, 1.82) is 0 Å². The number of carbonyl (C=O) groups excluding carboxylic acids is 1. The van der Waals surface area contributed by atoms with Gasteiger partial charge in [0.25, 0.3) is 0 Å². The van der Waals surface area contributed by atoms with E-state index in [4.69, 9.17) is 0 Å². The van der Waals surface area contributed by atoms with E-state index in [-0.39, 0.29) is 0 Å².